The van der Waals surface area contributed by atoms with Gasteiger partial charge in [0.05, 0.1) is 12.7 Å². The highest BCUT2D eigenvalue weighted by molar-refractivity contribution is 5.79. The molecule has 1 unspecified atom stereocenters. The first-order chi connectivity index (χ1) is 12.3. The molecule has 1 aromatic carbocycles. The van der Waals surface area contributed by atoms with Crippen molar-refractivity contribution in [2.75, 3.05) is 0 Å². The second-order valence-corrected chi connectivity index (χ2v) is 6.12. The first-order valence-corrected chi connectivity index (χ1v) is 8.32. The third kappa shape index (κ3) is 3.40. The van der Waals surface area contributed by atoms with E-state index in [-0.39, 0.29) is 11.8 Å². The molecule has 2 aromatic heterocycles. The third-order valence-corrected chi connectivity index (χ3v) is 4.47. The van der Waals surface area contributed by atoms with E-state index >= 15 is 0 Å². The van der Waals surface area contributed by atoms with Gasteiger partial charge in [0.15, 0.2) is 0 Å². The number of nitrogens with one attached hydrogen (secondary N) is 2. The van der Waals surface area contributed by atoms with Crippen molar-refractivity contribution < 1.29 is 4.79 Å². The van der Waals surface area contributed by atoms with Crippen LogP contribution in [-0.2, 0) is 24.2 Å². The molecule has 7 nitrogen and oxygen atoms in total. The average molecular weight is 334 g/mol. The molecule has 0 spiro atoms. The quantitative estimate of drug-likeness (QED) is 0.757. The molecule has 0 saturated heterocycles. The average Bonchev–Trinajstić information content (AvgIpc) is 3.15. The molecule has 2 N–H and O–H groups in total. The lowest BCUT2D eigenvalue weighted by atomic mass is 9.83. The Morgan fingerprint density at radius 1 is 1.24 bits per heavy atom. The van der Waals surface area contributed by atoms with Gasteiger partial charge in [-0.15, -0.1) is 0 Å². The number of aromatic amines is 1. The van der Waals surface area contributed by atoms with Crippen LogP contribution in [0.4, 0.5) is 0 Å². The Bertz CT molecular complexity index is 876. The van der Waals surface area contributed by atoms with Crippen LogP contribution in [0.5, 0.6) is 0 Å². The van der Waals surface area contributed by atoms with Gasteiger partial charge in [0, 0.05) is 18.3 Å². The number of hydrogen-bond donors (Lipinski definition) is 2. The predicted molar refractivity (Wildman–Crippen MR) is 91.2 cm³/mol. The Labute approximate surface area is 144 Å². The van der Waals surface area contributed by atoms with Crippen LogP contribution in [0.25, 0.3) is 11.5 Å². The molecule has 2 heterocycles. The van der Waals surface area contributed by atoms with Crippen molar-refractivity contribution in [2.24, 2.45) is 5.92 Å². The van der Waals surface area contributed by atoms with E-state index in [0.717, 1.165) is 19.3 Å². The Hall–Kier alpha value is -3.09. The van der Waals surface area contributed by atoms with Crippen molar-refractivity contribution in [3.8, 4) is 11.5 Å². The largest absolute Gasteiger partial charge is 0.349 e. The number of rotatable bonds is 4. The highest BCUT2D eigenvalue weighted by Crippen LogP contribution is 2.25. The summed E-state index contributed by atoms with van der Waals surface area (Å²) >= 11 is 0. The van der Waals surface area contributed by atoms with E-state index in [9.17, 15) is 4.79 Å². The second-order valence-electron chi connectivity index (χ2n) is 6.12. The summed E-state index contributed by atoms with van der Waals surface area (Å²) in [6.07, 6.45) is 7.42. The molecular weight excluding hydrogens is 316 g/mol. The summed E-state index contributed by atoms with van der Waals surface area (Å²) in [7, 11) is 0. The summed E-state index contributed by atoms with van der Waals surface area (Å²) in [4.78, 5) is 25.0. The summed E-state index contributed by atoms with van der Waals surface area (Å²) in [5.41, 5.74) is 3.23. The standard InChI is InChI=1S/C18H18N6O/c25-18(14-6-5-12-3-1-2-4-13(12)9-14)21-11-16-22-17(24-23-16)15-10-19-7-8-20-15/h1-4,7-8,10,14H,5-6,9,11H2,(H,21,25)(H,22,23,24). The van der Waals surface area contributed by atoms with Crippen molar-refractivity contribution in [1.29, 1.82) is 0 Å². The Morgan fingerprint density at radius 3 is 2.96 bits per heavy atom. The first-order valence-electron chi connectivity index (χ1n) is 8.32. The van der Waals surface area contributed by atoms with Crippen molar-refractivity contribution in [2.45, 2.75) is 25.8 Å². The Morgan fingerprint density at radius 2 is 2.12 bits per heavy atom. The van der Waals surface area contributed by atoms with Gasteiger partial charge >= 0.3 is 0 Å². The maximum absolute atomic E-state index is 12.5. The van der Waals surface area contributed by atoms with Gasteiger partial charge in [-0.1, -0.05) is 24.3 Å². The zero-order chi connectivity index (χ0) is 17.1. The van der Waals surface area contributed by atoms with E-state index in [1.807, 2.05) is 6.07 Å². The molecule has 0 saturated carbocycles. The number of benzene rings is 1. The fourth-order valence-corrected chi connectivity index (χ4v) is 3.14. The van der Waals surface area contributed by atoms with Crippen molar-refractivity contribution in [1.82, 2.24) is 30.5 Å². The number of carbonyl (C=O) groups is 1. The number of hydrogen-bond acceptors (Lipinski definition) is 5. The van der Waals surface area contributed by atoms with Crippen LogP contribution < -0.4 is 5.32 Å². The predicted octanol–water partition coefficient (Wildman–Crippen LogP) is 1.68. The summed E-state index contributed by atoms with van der Waals surface area (Å²) in [6, 6.07) is 8.34. The fraction of sp³-hybridized carbons (Fsp3) is 0.278. The smallest absolute Gasteiger partial charge is 0.223 e. The molecule has 1 atom stereocenters. The molecule has 1 aliphatic rings. The molecule has 0 fully saturated rings. The Balaban J connectivity index is 1.36. The van der Waals surface area contributed by atoms with Crippen LogP contribution >= 0.6 is 0 Å². The highest BCUT2D eigenvalue weighted by atomic mass is 16.1. The second kappa shape index (κ2) is 6.80. The number of nitrogens with zero attached hydrogens (tertiary/aromatic N) is 4. The van der Waals surface area contributed by atoms with Crippen LogP contribution in [0, 0.1) is 5.92 Å². The number of H-pyrrole nitrogens is 1. The number of amides is 1. The topological polar surface area (TPSA) is 96.5 Å². The summed E-state index contributed by atoms with van der Waals surface area (Å²) in [5, 5.41) is 9.91. The molecule has 7 heteroatoms. The Kier molecular flexibility index (Phi) is 4.20. The van der Waals surface area contributed by atoms with E-state index < -0.39 is 0 Å². The minimum atomic E-state index is 0.0114. The number of fused-ring (bicyclic) bond motifs is 1. The zero-order valence-electron chi connectivity index (χ0n) is 13.6. The summed E-state index contributed by atoms with van der Waals surface area (Å²) in [6.45, 7) is 0.324. The van der Waals surface area contributed by atoms with E-state index in [2.05, 4.69) is 48.7 Å². The van der Waals surface area contributed by atoms with Crippen LogP contribution in [0.2, 0.25) is 0 Å². The molecule has 25 heavy (non-hydrogen) atoms. The SMILES string of the molecule is O=C(NCc1nc(-c2cnccn2)n[nH]1)C1CCc2ccccc2C1. The van der Waals surface area contributed by atoms with Crippen LogP contribution in [-0.4, -0.2) is 31.1 Å². The van der Waals surface area contributed by atoms with Crippen LogP contribution in [0.3, 0.4) is 0 Å². The molecule has 0 radical (unpaired) electrons. The molecule has 126 valence electrons. The number of carbonyl (C=O) groups excluding carboxylic acids is 1. The minimum absolute atomic E-state index is 0.0114. The first kappa shape index (κ1) is 15.4. The number of aromatic nitrogens is 5. The highest BCUT2D eigenvalue weighted by Gasteiger charge is 2.24. The van der Waals surface area contributed by atoms with Crippen LogP contribution in [0.15, 0.2) is 42.9 Å². The van der Waals surface area contributed by atoms with Gasteiger partial charge in [-0.25, -0.2) is 9.97 Å². The third-order valence-electron chi connectivity index (χ3n) is 4.47. The minimum Gasteiger partial charge on any atom is -0.349 e. The lowest BCUT2D eigenvalue weighted by Gasteiger charge is -2.23. The van der Waals surface area contributed by atoms with E-state index in [0.29, 0.717) is 23.9 Å². The molecule has 4 rings (SSSR count). The van der Waals surface area contributed by atoms with Gasteiger partial charge in [0.25, 0.3) is 0 Å². The van der Waals surface area contributed by atoms with Gasteiger partial charge in [0.2, 0.25) is 11.7 Å². The lowest BCUT2D eigenvalue weighted by molar-refractivity contribution is -0.125. The van der Waals surface area contributed by atoms with E-state index in [4.69, 9.17) is 0 Å². The van der Waals surface area contributed by atoms with Gasteiger partial charge in [-0.3, -0.25) is 14.9 Å². The summed E-state index contributed by atoms with van der Waals surface area (Å²) in [5.74, 6) is 1.15. The molecule has 3 aromatic rings. The monoisotopic (exact) mass is 334 g/mol. The van der Waals surface area contributed by atoms with Crippen LogP contribution in [0.1, 0.15) is 23.4 Å². The lowest BCUT2D eigenvalue weighted by Crippen LogP contribution is -2.34. The van der Waals surface area contributed by atoms with Gasteiger partial charge in [-0.2, -0.15) is 5.10 Å². The van der Waals surface area contributed by atoms with Gasteiger partial charge < -0.3 is 5.32 Å². The summed E-state index contributed by atoms with van der Waals surface area (Å²) < 4.78 is 0. The normalized spacial score (nSPS) is 16.2. The maximum atomic E-state index is 12.5. The molecule has 0 aliphatic heterocycles. The van der Waals surface area contributed by atoms with Gasteiger partial charge in [-0.05, 0) is 30.4 Å². The molecular formula is C18H18N6O. The van der Waals surface area contributed by atoms with Gasteiger partial charge in [0.1, 0.15) is 11.5 Å². The van der Waals surface area contributed by atoms with E-state index in [1.54, 1.807) is 18.6 Å². The fourth-order valence-electron chi connectivity index (χ4n) is 3.14. The molecule has 1 amide bonds. The van der Waals surface area contributed by atoms with E-state index in [1.165, 1.54) is 11.1 Å². The molecule has 0 bridgehead atoms. The maximum Gasteiger partial charge on any atom is 0.223 e. The zero-order valence-corrected chi connectivity index (χ0v) is 13.6. The molecule has 1 aliphatic carbocycles. The van der Waals surface area contributed by atoms with Crippen molar-refractivity contribution in [3.63, 3.8) is 0 Å². The van der Waals surface area contributed by atoms with Crippen molar-refractivity contribution in [3.05, 3.63) is 59.8 Å². The number of aryl methyl sites for hydroxylation is 1. The van der Waals surface area contributed by atoms with Crippen molar-refractivity contribution >= 4 is 5.91 Å².